The molecule has 4 heteroatoms. The van der Waals surface area contributed by atoms with E-state index in [1.165, 1.54) is 21.8 Å². The van der Waals surface area contributed by atoms with Gasteiger partial charge in [-0.25, -0.2) is 4.79 Å². The monoisotopic (exact) mass is 276 g/mol. The minimum Gasteiger partial charge on any atom is -0.477 e. The number of hydrogen-bond donors (Lipinski definition) is 1. The number of aromatic carboxylic acids is 1. The van der Waals surface area contributed by atoms with Crippen molar-refractivity contribution in [2.45, 2.75) is 32.0 Å². The third-order valence-corrected chi connectivity index (χ3v) is 4.17. The number of thiophene rings is 1. The number of halogens is 1. The Labute approximate surface area is 96.1 Å². The molecule has 0 saturated carbocycles. The second-order valence-corrected chi connectivity index (χ2v) is 4.62. The molecule has 14 heavy (non-hydrogen) atoms. The molecule has 1 N–H and O–H groups in total. The Balaban J connectivity index is 3.31. The fraction of sp³-hybridized carbons (Fsp3) is 0.500. The quantitative estimate of drug-likeness (QED) is 0.856. The third kappa shape index (κ3) is 2.01. The van der Waals surface area contributed by atoms with Crippen LogP contribution in [0.25, 0.3) is 0 Å². The molecule has 1 aromatic rings. The molecule has 0 aromatic carbocycles. The van der Waals surface area contributed by atoms with E-state index in [9.17, 15) is 4.79 Å². The predicted molar refractivity (Wildman–Crippen MR) is 62.7 cm³/mol. The molecule has 1 rings (SSSR count). The Morgan fingerprint density at radius 1 is 1.36 bits per heavy atom. The highest BCUT2D eigenvalue weighted by atomic mass is 79.9. The summed E-state index contributed by atoms with van der Waals surface area (Å²) >= 11 is 4.83. The van der Waals surface area contributed by atoms with E-state index < -0.39 is 5.97 Å². The Bertz CT molecular complexity index is 344. The van der Waals surface area contributed by atoms with E-state index in [2.05, 4.69) is 22.9 Å². The second-order valence-electron chi connectivity index (χ2n) is 2.96. The summed E-state index contributed by atoms with van der Waals surface area (Å²) < 4.78 is 0. The summed E-state index contributed by atoms with van der Waals surface area (Å²) in [7, 11) is 0. The molecule has 0 aliphatic heterocycles. The van der Waals surface area contributed by atoms with E-state index in [0.717, 1.165) is 23.7 Å². The summed E-state index contributed by atoms with van der Waals surface area (Å²) in [6, 6.07) is 0. The lowest BCUT2D eigenvalue weighted by atomic mass is 10.1. The molecule has 0 saturated heterocycles. The van der Waals surface area contributed by atoms with Crippen molar-refractivity contribution < 1.29 is 9.90 Å². The fourth-order valence-electron chi connectivity index (χ4n) is 1.54. The smallest absolute Gasteiger partial charge is 0.346 e. The molecule has 1 aromatic heterocycles. The SMILES string of the molecule is CCc1sc(C(=O)O)c(CC)c1CBr. The summed E-state index contributed by atoms with van der Waals surface area (Å²) in [5.74, 6) is -0.797. The maximum Gasteiger partial charge on any atom is 0.346 e. The van der Waals surface area contributed by atoms with Gasteiger partial charge >= 0.3 is 5.97 Å². The van der Waals surface area contributed by atoms with Crippen LogP contribution >= 0.6 is 27.3 Å². The zero-order chi connectivity index (χ0) is 10.7. The van der Waals surface area contributed by atoms with E-state index in [1.807, 2.05) is 6.92 Å². The molecule has 0 aliphatic carbocycles. The molecule has 0 atom stereocenters. The first kappa shape index (κ1) is 11.7. The minimum absolute atomic E-state index is 0.513. The first-order chi connectivity index (χ1) is 6.65. The fourth-order valence-corrected chi connectivity index (χ4v) is 3.59. The largest absolute Gasteiger partial charge is 0.477 e. The molecule has 0 radical (unpaired) electrons. The number of carboxylic acids is 1. The van der Waals surface area contributed by atoms with E-state index in [0.29, 0.717) is 4.88 Å². The average molecular weight is 277 g/mol. The van der Waals surface area contributed by atoms with Gasteiger partial charge in [-0.2, -0.15) is 0 Å². The zero-order valence-electron chi connectivity index (χ0n) is 8.26. The highest BCUT2D eigenvalue weighted by Gasteiger charge is 2.19. The molecule has 1 heterocycles. The van der Waals surface area contributed by atoms with Crippen LogP contribution < -0.4 is 0 Å². The van der Waals surface area contributed by atoms with Gasteiger partial charge in [-0.3, -0.25) is 0 Å². The van der Waals surface area contributed by atoms with Gasteiger partial charge in [0.2, 0.25) is 0 Å². The van der Waals surface area contributed by atoms with Crippen LogP contribution in [0.15, 0.2) is 0 Å². The van der Waals surface area contributed by atoms with Crippen LogP contribution in [0, 0.1) is 0 Å². The van der Waals surface area contributed by atoms with E-state index in [-0.39, 0.29) is 0 Å². The minimum atomic E-state index is -0.797. The predicted octanol–water partition coefficient (Wildman–Crippen LogP) is 3.47. The van der Waals surface area contributed by atoms with Crippen molar-refractivity contribution in [2.24, 2.45) is 0 Å². The van der Waals surface area contributed by atoms with Crippen LogP contribution in [0.2, 0.25) is 0 Å². The lowest BCUT2D eigenvalue weighted by molar-refractivity contribution is 0.0701. The molecule has 0 amide bonds. The normalized spacial score (nSPS) is 10.5. The Morgan fingerprint density at radius 3 is 2.36 bits per heavy atom. The topological polar surface area (TPSA) is 37.3 Å². The molecule has 0 aliphatic rings. The van der Waals surface area contributed by atoms with Gasteiger partial charge in [-0.15, -0.1) is 11.3 Å². The van der Waals surface area contributed by atoms with Gasteiger partial charge in [0.25, 0.3) is 0 Å². The van der Waals surface area contributed by atoms with Crippen LogP contribution in [0.5, 0.6) is 0 Å². The van der Waals surface area contributed by atoms with Gasteiger partial charge < -0.3 is 5.11 Å². The van der Waals surface area contributed by atoms with E-state index in [4.69, 9.17) is 5.11 Å². The van der Waals surface area contributed by atoms with Crippen LogP contribution in [0.3, 0.4) is 0 Å². The van der Waals surface area contributed by atoms with Gasteiger partial charge in [0, 0.05) is 10.2 Å². The summed E-state index contributed by atoms with van der Waals surface area (Å²) in [6.07, 6.45) is 1.70. The van der Waals surface area contributed by atoms with Crippen molar-refractivity contribution in [3.63, 3.8) is 0 Å². The Hall–Kier alpha value is -0.350. The lowest BCUT2D eigenvalue weighted by Crippen LogP contribution is -1.98. The number of carbonyl (C=O) groups is 1. The van der Waals surface area contributed by atoms with Crippen molar-refractivity contribution in [1.29, 1.82) is 0 Å². The molecule has 0 spiro atoms. The van der Waals surface area contributed by atoms with Crippen molar-refractivity contribution in [3.05, 3.63) is 20.9 Å². The number of hydrogen-bond acceptors (Lipinski definition) is 2. The summed E-state index contributed by atoms with van der Waals surface area (Å²) in [5.41, 5.74) is 2.17. The summed E-state index contributed by atoms with van der Waals surface area (Å²) in [5, 5.41) is 9.77. The maximum absolute atomic E-state index is 11.0. The molecular weight excluding hydrogens is 264 g/mol. The summed E-state index contributed by atoms with van der Waals surface area (Å²) in [4.78, 5) is 12.7. The Kier molecular flexibility index (Phi) is 4.13. The van der Waals surface area contributed by atoms with Crippen molar-refractivity contribution in [2.75, 3.05) is 0 Å². The van der Waals surface area contributed by atoms with Crippen molar-refractivity contribution in [3.8, 4) is 0 Å². The molecule has 0 bridgehead atoms. The van der Waals surface area contributed by atoms with Crippen LogP contribution in [0.1, 0.15) is 39.5 Å². The van der Waals surface area contributed by atoms with Gasteiger partial charge in [0.15, 0.2) is 0 Å². The molecule has 0 unspecified atom stereocenters. The lowest BCUT2D eigenvalue weighted by Gasteiger charge is -2.00. The molecular formula is C10H13BrO2S. The van der Waals surface area contributed by atoms with Gasteiger partial charge in [0.1, 0.15) is 4.88 Å². The van der Waals surface area contributed by atoms with Crippen LogP contribution in [0.4, 0.5) is 0 Å². The van der Waals surface area contributed by atoms with E-state index in [1.54, 1.807) is 0 Å². The first-order valence-electron chi connectivity index (χ1n) is 4.58. The summed E-state index contributed by atoms with van der Waals surface area (Å²) in [6.45, 7) is 4.06. The highest BCUT2D eigenvalue weighted by Crippen LogP contribution is 2.31. The molecule has 0 fully saturated rings. The molecule has 2 nitrogen and oxygen atoms in total. The Morgan fingerprint density at radius 2 is 2.00 bits per heavy atom. The van der Waals surface area contributed by atoms with E-state index >= 15 is 0 Å². The van der Waals surface area contributed by atoms with Crippen LogP contribution in [-0.2, 0) is 18.2 Å². The third-order valence-electron chi connectivity index (χ3n) is 2.20. The maximum atomic E-state index is 11.0. The second kappa shape index (κ2) is 4.94. The van der Waals surface area contributed by atoms with Gasteiger partial charge in [-0.1, -0.05) is 29.8 Å². The zero-order valence-corrected chi connectivity index (χ0v) is 10.7. The van der Waals surface area contributed by atoms with Crippen molar-refractivity contribution in [1.82, 2.24) is 0 Å². The average Bonchev–Trinajstić information content (AvgIpc) is 2.54. The number of aryl methyl sites for hydroxylation is 1. The highest BCUT2D eigenvalue weighted by molar-refractivity contribution is 9.08. The standard InChI is InChI=1S/C10H13BrO2S/c1-3-6-7(5-11)8(4-2)14-9(6)10(12)13/h3-5H2,1-2H3,(H,12,13). The van der Waals surface area contributed by atoms with Gasteiger partial charge in [-0.05, 0) is 24.0 Å². The number of rotatable bonds is 4. The first-order valence-corrected chi connectivity index (χ1v) is 6.52. The number of carboxylic acid groups (broad SMARTS) is 1. The van der Waals surface area contributed by atoms with Crippen LogP contribution in [-0.4, -0.2) is 11.1 Å². The van der Waals surface area contributed by atoms with Gasteiger partial charge in [0.05, 0.1) is 0 Å². The number of alkyl halides is 1. The van der Waals surface area contributed by atoms with Crippen molar-refractivity contribution >= 4 is 33.2 Å². The molecule has 78 valence electrons.